The van der Waals surface area contributed by atoms with Gasteiger partial charge in [-0.25, -0.2) is 4.39 Å². The molecular formula is C24H29FO6. The van der Waals surface area contributed by atoms with Crippen molar-refractivity contribution in [1.29, 1.82) is 0 Å². The number of epoxide rings is 1. The van der Waals surface area contributed by atoms with Gasteiger partial charge < -0.3 is 14.6 Å². The van der Waals surface area contributed by atoms with E-state index in [1.807, 2.05) is 20.8 Å². The first-order chi connectivity index (χ1) is 14.4. The van der Waals surface area contributed by atoms with Crippen molar-refractivity contribution in [2.45, 2.75) is 70.4 Å². The third-order valence-corrected chi connectivity index (χ3v) is 9.33. The zero-order valence-electron chi connectivity index (χ0n) is 18.3. The highest BCUT2D eigenvalue weighted by molar-refractivity contribution is 6.01. The van der Waals surface area contributed by atoms with Crippen molar-refractivity contribution in [3.8, 4) is 0 Å². The average molecular weight is 432 g/mol. The number of carbonyl (C=O) groups excluding carboxylic acids is 3. The molecule has 0 aromatic rings. The van der Waals surface area contributed by atoms with E-state index in [0.29, 0.717) is 18.4 Å². The molecule has 1 spiro atoms. The van der Waals surface area contributed by atoms with Crippen LogP contribution in [0.15, 0.2) is 23.8 Å². The number of esters is 1. The van der Waals surface area contributed by atoms with Crippen LogP contribution in [-0.4, -0.2) is 52.7 Å². The fraction of sp³-hybridized carbons (Fsp3) is 0.708. The highest BCUT2D eigenvalue weighted by Gasteiger charge is 2.82. The number of ketones is 2. The maximum Gasteiger partial charge on any atom is 0.303 e. The number of allylic oxidation sites excluding steroid dienone is 2. The summed E-state index contributed by atoms with van der Waals surface area (Å²) in [6.45, 7) is 6.45. The Bertz CT molecular complexity index is 956. The Kier molecular flexibility index (Phi) is 4.16. The summed E-state index contributed by atoms with van der Waals surface area (Å²) in [5.74, 6) is -1.96. The van der Waals surface area contributed by atoms with Crippen LogP contribution in [0.25, 0.3) is 0 Å². The molecule has 0 bridgehead atoms. The minimum absolute atomic E-state index is 0.129. The minimum Gasteiger partial charge on any atom is -0.458 e. The number of hydrogen-bond acceptors (Lipinski definition) is 6. The molecule has 0 aromatic carbocycles. The molecular weight excluding hydrogens is 403 g/mol. The predicted molar refractivity (Wildman–Crippen MR) is 108 cm³/mol. The van der Waals surface area contributed by atoms with Gasteiger partial charge in [0, 0.05) is 17.8 Å². The molecule has 3 saturated carbocycles. The first kappa shape index (κ1) is 21.0. The van der Waals surface area contributed by atoms with Crippen LogP contribution in [0.2, 0.25) is 0 Å². The van der Waals surface area contributed by atoms with Gasteiger partial charge >= 0.3 is 5.97 Å². The Labute approximate surface area is 180 Å². The summed E-state index contributed by atoms with van der Waals surface area (Å²) in [6.07, 6.45) is 4.42. The van der Waals surface area contributed by atoms with E-state index >= 15 is 4.39 Å². The second-order valence-electron chi connectivity index (χ2n) is 10.6. The molecule has 168 valence electrons. The summed E-state index contributed by atoms with van der Waals surface area (Å²) in [4.78, 5) is 36.3. The van der Waals surface area contributed by atoms with E-state index in [1.54, 1.807) is 6.08 Å². The zero-order chi connectivity index (χ0) is 22.6. The largest absolute Gasteiger partial charge is 0.458 e. The number of alkyl halides is 1. The van der Waals surface area contributed by atoms with Crippen molar-refractivity contribution < 1.29 is 33.4 Å². The number of halogens is 1. The van der Waals surface area contributed by atoms with Crippen molar-refractivity contribution in [1.82, 2.24) is 0 Å². The lowest BCUT2D eigenvalue weighted by Crippen LogP contribution is -2.63. The van der Waals surface area contributed by atoms with Crippen LogP contribution in [0, 0.1) is 28.6 Å². The van der Waals surface area contributed by atoms with Crippen LogP contribution < -0.4 is 0 Å². The molecule has 4 aliphatic carbocycles. The van der Waals surface area contributed by atoms with Gasteiger partial charge in [-0.1, -0.05) is 19.9 Å². The van der Waals surface area contributed by atoms with Gasteiger partial charge in [0.05, 0.1) is 6.10 Å². The quantitative estimate of drug-likeness (QED) is 0.544. The van der Waals surface area contributed by atoms with Gasteiger partial charge in [0.25, 0.3) is 0 Å². The molecule has 1 unspecified atom stereocenters. The number of hydrogen-bond donors (Lipinski definition) is 1. The first-order valence-electron chi connectivity index (χ1n) is 11.1. The monoisotopic (exact) mass is 432 g/mol. The van der Waals surface area contributed by atoms with Crippen LogP contribution >= 0.6 is 0 Å². The molecule has 0 radical (unpaired) electrons. The van der Waals surface area contributed by atoms with Gasteiger partial charge in [-0.2, -0.15) is 0 Å². The lowest BCUT2D eigenvalue weighted by Gasteiger charge is -2.56. The highest BCUT2D eigenvalue weighted by Crippen LogP contribution is 2.76. The third-order valence-electron chi connectivity index (χ3n) is 9.33. The van der Waals surface area contributed by atoms with Crippen molar-refractivity contribution >= 4 is 17.5 Å². The summed E-state index contributed by atoms with van der Waals surface area (Å²) >= 11 is 0. The van der Waals surface area contributed by atoms with Crippen molar-refractivity contribution in [3.05, 3.63) is 23.8 Å². The second kappa shape index (κ2) is 6.13. The van der Waals surface area contributed by atoms with Gasteiger partial charge in [0.2, 0.25) is 5.78 Å². The first-order valence-corrected chi connectivity index (χ1v) is 11.1. The molecule has 1 aliphatic heterocycles. The fourth-order valence-electron chi connectivity index (χ4n) is 7.85. The van der Waals surface area contributed by atoms with E-state index in [4.69, 9.17) is 9.47 Å². The molecule has 9 atom stereocenters. The Morgan fingerprint density at radius 3 is 2.68 bits per heavy atom. The predicted octanol–water partition coefficient (Wildman–Crippen LogP) is 2.48. The Hall–Kier alpha value is -1.86. The lowest BCUT2D eigenvalue weighted by atomic mass is 9.46. The smallest absolute Gasteiger partial charge is 0.303 e. The Balaban J connectivity index is 1.55. The standard InChI is InChI=1S/C24H29FO6/c1-12-7-15-16-9-18(25)17-8-14(27)5-6-21(17,3)24(16)20(31-24)10-22(15,4)23(12,29)19(28)11-30-13(2)26/h5-6,8,12,15-16,18,20,29H,7,9-11H2,1-4H3/t12-,15+,16+,18?,20+,21+,22+,23+,24-/m1/s1. The molecule has 0 aromatic heterocycles. The number of ether oxygens (including phenoxy) is 2. The third kappa shape index (κ3) is 2.31. The zero-order valence-corrected chi connectivity index (χ0v) is 18.3. The van der Waals surface area contributed by atoms with Crippen molar-refractivity contribution in [2.75, 3.05) is 6.61 Å². The van der Waals surface area contributed by atoms with Crippen LogP contribution in [-0.2, 0) is 23.9 Å². The number of Topliss-reactive ketones (excluding diaryl/α,β-unsaturated/α-hetero) is 1. The van der Waals surface area contributed by atoms with Crippen molar-refractivity contribution in [2.24, 2.45) is 28.6 Å². The van der Waals surface area contributed by atoms with Gasteiger partial charge in [-0.05, 0) is 61.7 Å². The van der Waals surface area contributed by atoms with Crippen LogP contribution in [0.1, 0.15) is 47.0 Å². The molecule has 6 nitrogen and oxygen atoms in total. The van der Waals surface area contributed by atoms with Gasteiger partial charge in [0.15, 0.2) is 12.4 Å². The maximum atomic E-state index is 15.4. The molecule has 4 fully saturated rings. The van der Waals surface area contributed by atoms with E-state index in [1.165, 1.54) is 19.1 Å². The summed E-state index contributed by atoms with van der Waals surface area (Å²) in [7, 11) is 0. The highest BCUT2D eigenvalue weighted by atomic mass is 19.1. The molecule has 0 amide bonds. The summed E-state index contributed by atoms with van der Waals surface area (Å²) in [5, 5.41) is 11.8. The number of carbonyl (C=O) groups is 3. The molecule has 1 N–H and O–H groups in total. The lowest BCUT2D eigenvalue weighted by molar-refractivity contribution is -0.171. The number of fused-ring (bicyclic) bond motifs is 3. The van der Waals surface area contributed by atoms with Crippen LogP contribution in [0.5, 0.6) is 0 Å². The second-order valence-corrected chi connectivity index (χ2v) is 10.6. The van der Waals surface area contributed by atoms with E-state index in [0.717, 1.165) is 0 Å². The van der Waals surface area contributed by atoms with Gasteiger partial charge in [0.1, 0.15) is 17.4 Å². The summed E-state index contributed by atoms with van der Waals surface area (Å²) in [6, 6.07) is 0. The Morgan fingerprint density at radius 2 is 2.00 bits per heavy atom. The molecule has 1 heterocycles. The van der Waals surface area contributed by atoms with E-state index in [-0.39, 0.29) is 36.1 Å². The average Bonchev–Trinajstić information content (AvgIpc) is 3.38. The van der Waals surface area contributed by atoms with Crippen molar-refractivity contribution in [3.63, 3.8) is 0 Å². The SMILES string of the molecule is CC(=O)OCC(=O)[C@@]1(O)[C@H](C)C[C@H]2[C@@H]3CC(F)C4=CC(=O)C=C[C@]4(C)[C@@]34O[C@H]4C[C@@]21C. The summed E-state index contributed by atoms with van der Waals surface area (Å²) in [5.41, 5.74) is -3.35. The minimum atomic E-state index is -1.67. The molecule has 1 saturated heterocycles. The molecule has 5 aliphatic rings. The fourth-order valence-corrected chi connectivity index (χ4v) is 7.85. The molecule has 7 heteroatoms. The summed E-state index contributed by atoms with van der Waals surface area (Å²) < 4.78 is 26.7. The molecule has 31 heavy (non-hydrogen) atoms. The topological polar surface area (TPSA) is 93.2 Å². The normalized spacial score (nSPS) is 51.7. The number of rotatable bonds is 3. The number of aliphatic hydroxyl groups is 1. The van der Waals surface area contributed by atoms with Gasteiger partial charge in [-0.3, -0.25) is 14.4 Å². The Morgan fingerprint density at radius 1 is 1.29 bits per heavy atom. The van der Waals surface area contributed by atoms with Crippen LogP contribution in [0.4, 0.5) is 4.39 Å². The van der Waals surface area contributed by atoms with E-state index < -0.39 is 46.6 Å². The van der Waals surface area contributed by atoms with Crippen LogP contribution in [0.3, 0.4) is 0 Å². The maximum absolute atomic E-state index is 15.4. The van der Waals surface area contributed by atoms with E-state index in [2.05, 4.69) is 0 Å². The molecule has 5 rings (SSSR count). The van der Waals surface area contributed by atoms with E-state index in [9.17, 15) is 19.5 Å². The van der Waals surface area contributed by atoms with Gasteiger partial charge in [-0.15, -0.1) is 0 Å².